The van der Waals surface area contributed by atoms with E-state index in [0.717, 1.165) is 19.3 Å². The number of halogens is 4. The van der Waals surface area contributed by atoms with Gasteiger partial charge in [-0.15, -0.1) is 0 Å². The van der Waals surface area contributed by atoms with Crippen LogP contribution in [-0.2, 0) is 10.1 Å². The first-order valence-corrected chi connectivity index (χ1v) is 8.27. The van der Waals surface area contributed by atoms with Gasteiger partial charge in [-0.3, -0.25) is 4.39 Å². The fourth-order valence-electron chi connectivity index (χ4n) is 1.81. The Hall–Kier alpha value is 1.27. The molecule has 0 saturated heterocycles. The smallest absolute Gasteiger partial charge is 0.748 e. The molecule has 0 aliphatic carbocycles. The van der Waals surface area contributed by atoms with Crippen molar-refractivity contribution in [1.29, 1.82) is 0 Å². The molecule has 0 amide bonds. The number of hydrogen-bond donors (Lipinski definition) is 0. The molecule has 0 fully saturated rings. The van der Waals surface area contributed by atoms with Gasteiger partial charge in [0.15, 0.2) is 6.17 Å². The van der Waals surface area contributed by atoms with E-state index in [9.17, 15) is 30.5 Å². The molecule has 9 heteroatoms. The third-order valence-corrected chi connectivity index (χ3v) is 3.64. The minimum Gasteiger partial charge on any atom is -0.748 e. The van der Waals surface area contributed by atoms with Crippen molar-refractivity contribution < 1.29 is 81.9 Å². The normalized spacial score (nSPS) is 16.0. The van der Waals surface area contributed by atoms with E-state index in [0.29, 0.717) is 19.3 Å². The summed E-state index contributed by atoms with van der Waals surface area (Å²) in [5.74, 6) is -1.54. The summed E-state index contributed by atoms with van der Waals surface area (Å²) in [7, 11) is -4.90. The van der Waals surface area contributed by atoms with Gasteiger partial charge in [0.1, 0.15) is 12.3 Å². The van der Waals surface area contributed by atoms with Gasteiger partial charge in [0.25, 0.3) is 0 Å². The van der Waals surface area contributed by atoms with Crippen molar-refractivity contribution in [2.45, 2.75) is 63.5 Å². The van der Waals surface area contributed by atoms with Gasteiger partial charge in [0, 0.05) is 0 Å². The first-order valence-electron chi connectivity index (χ1n) is 6.69. The molecule has 3 nitrogen and oxygen atoms in total. The van der Waals surface area contributed by atoms with Crippen molar-refractivity contribution in [2.24, 2.45) is 0 Å². The Morgan fingerprint density at radius 2 is 1.33 bits per heavy atom. The average Bonchev–Trinajstić information content (AvgIpc) is 2.34. The van der Waals surface area contributed by atoms with Gasteiger partial charge in [0.05, 0.1) is 22.5 Å². The zero-order valence-corrected chi connectivity index (χ0v) is 16.2. The largest absolute Gasteiger partial charge is 1.00 e. The summed E-state index contributed by atoms with van der Waals surface area (Å²) >= 11 is 0. The maximum absolute atomic E-state index is 13.3. The van der Waals surface area contributed by atoms with E-state index in [4.69, 9.17) is 0 Å². The monoisotopic (exact) mass is 360 g/mol. The summed E-state index contributed by atoms with van der Waals surface area (Å²) < 4.78 is 82.0. The molecule has 0 aromatic heterocycles. The zero-order chi connectivity index (χ0) is 15.6. The van der Waals surface area contributed by atoms with E-state index in [1.165, 1.54) is 0 Å². The molecule has 0 aliphatic heterocycles. The van der Waals surface area contributed by atoms with Gasteiger partial charge in [-0.1, -0.05) is 32.1 Å². The standard InChI is InChI=1S/C12H22F4O3S.K/c13-8-6-4-2-1-3-5-7-10(14)12(16)11(15)9-20(17,18)19;/h10-12H,1-9H2,(H,17,18,19);/q;+1/p-1. The molecule has 0 spiro atoms. The molecular weight excluding hydrogens is 339 g/mol. The van der Waals surface area contributed by atoms with E-state index >= 15 is 0 Å². The van der Waals surface area contributed by atoms with E-state index in [1.54, 1.807) is 0 Å². The molecule has 0 rings (SSSR count). The molecule has 0 aromatic rings. The van der Waals surface area contributed by atoms with Gasteiger partial charge < -0.3 is 4.55 Å². The van der Waals surface area contributed by atoms with Gasteiger partial charge in [-0.25, -0.2) is 21.6 Å². The molecule has 0 bridgehead atoms. The van der Waals surface area contributed by atoms with Crippen LogP contribution in [0.1, 0.15) is 44.9 Å². The summed E-state index contributed by atoms with van der Waals surface area (Å²) in [6, 6.07) is 0. The minimum absolute atomic E-state index is 0. The van der Waals surface area contributed by atoms with E-state index in [-0.39, 0.29) is 64.5 Å². The van der Waals surface area contributed by atoms with Gasteiger partial charge in [0.2, 0.25) is 0 Å². The van der Waals surface area contributed by atoms with Crippen LogP contribution in [0.15, 0.2) is 0 Å². The molecule has 0 radical (unpaired) electrons. The summed E-state index contributed by atoms with van der Waals surface area (Å²) in [6.07, 6.45) is -3.79. The topological polar surface area (TPSA) is 57.2 Å². The van der Waals surface area contributed by atoms with Crippen LogP contribution in [0.5, 0.6) is 0 Å². The Balaban J connectivity index is 0. The Morgan fingerprint density at radius 3 is 1.81 bits per heavy atom. The number of hydrogen-bond acceptors (Lipinski definition) is 3. The predicted octanol–water partition coefficient (Wildman–Crippen LogP) is 0.250. The molecule has 0 N–H and O–H groups in total. The van der Waals surface area contributed by atoms with Gasteiger partial charge >= 0.3 is 51.4 Å². The molecule has 3 atom stereocenters. The molecule has 0 aromatic carbocycles. The molecule has 0 aliphatic rings. The van der Waals surface area contributed by atoms with Crippen molar-refractivity contribution in [1.82, 2.24) is 0 Å². The molecule has 21 heavy (non-hydrogen) atoms. The van der Waals surface area contributed by atoms with Crippen LogP contribution in [0.25, 0.3) is 0 Å². The van der Waals surface area contributed by atoms with Gasteiger partial charge in [-0.2, -0.15) is 0 Å². The van der Waals surface area contributed by atoms with Crippen LogP contribution in [0, 0.1) is 0 Å². The molecule has 0 heterocycles. The van der Waals surface area contributed by atoms with E-state index in [1.807, 2.05) is 0 Å². The van der Waals surface area contributed by atoms with Crippen LogP contribution in [0.4, 0.5) is 17.6 Å². The fraction of sp³-hybridized carbons (Fsp3) is 1.00. The van der Waals surface area contributed by atoms with Crippen molar-refractivity contribution in [3.8, 4) is 0 Å². The van der Waals surface area contributed by atoms with Gasteiger partial charge in [-0.05, 0) is 12.8 Å². The second kappa shape index (κ2) is 13.7. The predicted molar refractivity (Wildman–Crippen MR) is 67.5 cm³/mol. The number of rotatable bonds is 12. The minimum atomic E-state index is -4.90. The Morgan fingerprint density at radius 1 is 0.857 bits per heavy atom. The summed E-state index contributed by atoms with van der Waals surface area (Å²) in [5, 5.41) is 0. The Labute approximate surface area is 166 Å². The first kappa shape index (κ1) is 24.5. The quantitative estimate of drug-likeness (QED) is 0.217. The van der Waals surface area contributed by atoms with Crippen molar-refractivity contribution in [2.75, 3.05) is 12.4 Å². The third-order valence-electron chi connectivity index (χ3n) is 2.92. The number of alkyl halides is 4. The van der Waals surface area contributed by atoms with Crippen LogP contribution < -0.4 is 51.4 Å². The van der Waals surface area contributed by atoms with Crippen LogP contribution in [0.2, 0.25) is 0 Å². The third kappa shape index (κ3) is 14.6. The fourth-order valence-corrected chi connectivity index (χ4v) is 2.39. The molecular formula is C12H21F4KO3S. The van der Waals surface area contributed by atoms with Crippen molar-refractivity contribution in [3.05, 3.63) is 0 Å². The SMILES string of the molecule is O=S(=O)([O-])CC(F)C(F)C(F)CCCCCCCCF.[K+]. The Kier molecular flexibility index (Phi) is 16.0. The van der Waals surface area contributed by atoms with E-state index in [2.05, 4.69) is 0 Å². The average molecular weight is 360 g/mol. The second-order valence-corrected chi connectivity index (χ2v) is 6.25. The summed E-state index contributed by atoms with van der Waals surface area (Å²) in [6.45, 7) is -0.364. The molecule has 122 valence electrons. The first-order chi connectivity index (χ1) is 9.28. The van der Waals surface area contributed by atoms with Crippen LogP contribution in [0.3, 0.4) is 0 Å². The maximum atomic E-state index is 13.3. The van der Waals surface area contributed by atoms with E-state index < -0.39 is 34.4 Å². The second-order valence-electron chi connectivity index (χ2n) is 4.80. The summed E-state index contributed by atoms with van der Waals surface area (Å²) in [5.41, 5.74) is 0. The molecule has 0 saturated carbocycles. The van der Waals surface area contributed by atoms with Crippen molar-refractivity contribution in [3.63, 3.8) is 0 Å². The summed E-state index contributed by atoms with van der Waals surface area (Å²) in [4.78, 5) is 0. The van der Waals surface area contributed by atoms with Crippen LogP contribution in [-0.4, -0.2) is 43.9 Å². The zero-order valence-electron chi connectivity index (χ0n) is 12.2. The number of unbranched alkanes of at least 4 members (excludes halogenated alkanes) is 5. The maximum Gasteiger partial charge on any atom is 1.00 e. The Bertz CT molecular complexity index is 343. The molecule has 3 unspecified atom stereocenters. The van der Waals surface area contributed by atoms with Crippen LogP contribution >= 0.6 is 0 Å². The van der Waals surface area contributed by atoms with Crippen molar-refractivity contribution >= 4 is 10.1 Å².